The number of hydrogen-bond acceptors (Lipinski definition) is 4. The Morgan fingerprint density at radius 1 is 1.30 bits per heavy atom. The second-order valence-corrected chi connectivity index (χ2v) is 7.69. The highest BCUT2D eigenvalue weighted by Gasteiger charge is 2.34. The van der Waals surface area contributed by atoms with Crippen molar-refractivity contribution in [3.63, 3.8) is 0 Å². The Bertz CT molecular complexity index is 523. The minimum Gasteiger partial charge on any atom is -0.444 e. The van der Waals surface area contributed by atoms with Crippen molar-refractivity contribution in [3.8, 4) is 0 Å². The molecular formula is C17H28N4O2. The quantitative estimate of drug-likeness (QED) is 0.930. The van der Waals surface area contributed by atoms with Crippen LogP contribution in [0.1, 0.15) is 52.5 Å². The number of likely N-dealkylation sites (tertiary alicyclic amines) is 1. The predicted molar refractivity (Wildman–Crippen MR) is 88.3 cm³/mol. The molecule has 0 spiro atoms. The maximum Gasteiger partial charge on any atom is 0.410 e. The molecule has 3 rings (SSSR count). The van der Waals surface area contributed by atoms with Crippen molar-refractivity contribution in [2.75, 3.05) is 13.1 Å². The van der Waals surface area contributed by atoms with Crippen LogP contribution in [-0.2, 0) is 4.74 Å². The van der Waals surface area contributed by atoms with E-state index in [4.69, 9.17) is 4.74 Å². The van der Waals surface area contributed by atoms with E-state index in [0.717, 1.165) is 19.5 Å². The highest BCUT2D eigenvalue weighted by molar-refractivity contribution is 5.68. The van der Waals surface area contributed by atoms with E-state index in [0.29, 0.717) is 18.1 Å². The van der Waals surface area contributed by atoms with Crippen LogP contribution in [-0.4, -0.2) is 51.3 Å². The van der Waals surface area contributed by atoms with E-state index in [1.165, 1.54) is 19.3 Å². The lowest BCUT2D eigenvalue weighted by atomic mass is 10.1. The summed E-state index contributed by atoms with van der Waals surface area (Å²) in [6.07, 6.45) is 10.2. The average molecular weight is 320 g/mol. The Kier molecular flexibility index (Phi) is 4.62. The summed E-state index contributed by atoms with van der Waals surface area (Å²) in [6.45, 7) is 7.23. The van der Waals surface area contributed by atoms with Gasteiger partial charge in [-0.3, -0.25) is 0 Å². The maximum atomic E-state index is 12.2. The Morgan fingerprint density at radius 2 is 2.13 bits per heavy atom. The molecule has 0 bridgehead atoms. The van der Waals surface area contributed by atoms with E-state index in [1.807, 2.05) is 44.4 Å². The van der Waals surface area contributed by atoms with E-state index < -0.39 is 5.60 Å². The first-order valence-corrected chi connectivity index (χ1v) is 8.64. The number of nitrogens with one attached hydrogen (secondary N) is 1. The van der Waals surface area contributed by atoms with Gasteiger partial charge in [0.1, 0.15) is 5.60 Å². The van der Waals surface area contributed by atoms with Crippen molar-refractivity contribution in [3.05, 3.63) is 18.7 Å². The van der Waals surface area contributed by atoms with Crippen molar-refractivity contribution in [2.24, 2.45) is 0 Å². The van der Waals surface area contributed by atoms with Gasteiger partial charge in [-0.1, -0.05) is 0 Å². The largest absolute Gasteiger partial charge is 0.444 e. The molecule has 2 aliphatic rings. The molecule has 1 aromatic heterocycles. The number of hydrogen-bond donors (Lipinski definition) is 1. The fourth-order valence-corrected chi connectivity index (χ4v) is 3.65. The first kappa shape index (κ1) is 16.3. The number of nitrogens with zero attached hydrogens (tertiary/aromatic N) is 3. The van der Waals surface area contributed by atoms with E-state index in [9.17, 15) is 4.79 Å². The van der Waals surface area contributed by atoms with Crippen LogP contribution in [0.3, 0.4) is 0 Å². The topological polar surface area (TPSA) is 59.4 Å². The van der Waals surface area contributed by atoms with Gasteiger partial charge in [0.05, 0.1) is 6.33 Å². The van der Waals surface area contributed by atoms with Crippen LogP contribution in [0.5, 0.6) is 0 Å². The first-order chi connectivity index (χ1) is 10.9. The van der Waals surface area contributed by atoms with Crippen LogP contribution in [0.2, 0.25) is 0 Å². The molecule has 1 N–H and O–H groups in total. The molecule has 3 unspecified atom stereocenters. The number of aromatic nitrogens is 2. The van der Waals surface area contributed by atoms with Crippen molar-refractivity contribution >= 4 is 6.09 Å². The summed E-state index contributed by atoms with van der Waals surface area (Å²) in [5.41, 5.74) is -0.430. The summed E-state index contributed by atoms with van der Waals surface area (Å²) in [4.78, 5) is 18.1. The second-order valence-electron chi connectivity index (χ2n) is 7.69. The van der Waals surface area contributed by atoms with Crippen LogP contribution in [0, 0.1) is 0 Å². The average Bonchev–Trinajstić information content (AvgIpc) is 3.17. The van der Waals surface area contributed by atoms with Crippen LogP contribution < -0.4 is 5.32 Å². The first-order valence-electron chi connectivity index (χ1n) is 8.64. The van der Waals surface area contributed by atoms with Gasteiger partial charge in [-0.2, -0.15) is 0 Å². The van der Waals surface area contributed by atoms with Crippen LogP contribution in [0.15, 0.2) is 18.7 Å². The van der Waals surface area contributed by atoms with Gasteiger partial charge in [0.25, 0.3) is 0 Å². The van der Waals surface area contributed by atoms with Gasteiger partial charge in [-0.05, 0) is 46.5 Å². The molecule has 2 fully saturated rings. The third kappa shape index (κ3) is 4.05. The van der Waals surface area contributed by atoms with Crippen molar-refractivity contribution < 1.29 is 9.53 Å². The molecule has 0 aromatic carbocycles. The van der Waals surface area contributed by atoms with E-state index in [2.05, 4.69) is 14.9 Å². The molecule has 23 heavy (non-hydrogen) atoms. The molecular weight excluding hydrogens is 292 g/mol. The molecule has 0 radical (unpaired) electrons. The predicted octanol–water partition coefficient (Wildman–Crippen LogP) is 2.58. The fourth-order valence-electron chi connectivity index (χ4n) is 3.65. The number of ether oxygens (including phenoxy) is 1. The van der Waals surface area contributed by atoms with Crippen LogP contribution in [0.25, 0.3) is 0 Å². The number of carbonyl (C=O) groups excluding carboxylic acids is 1. The Balaban J connectivity index is 1.53. The van der Waals surface area contributed by atoms with Gasteiger partial charge < -0.3 is 19.5 Å². The third-order valence-electron chi connectivity index (χ3n) is 4.68. The monoisotopic (exact) mass is 320 g/mol. The zero-order valence-electron chi connectivity index (χ0n) is 14.4. The van der Waals surface area contributed by atoms with E-state index >= 15 is 0 Å². The summed E-state index contributed by atoms with van der Waals surface area (Å²) in [7, 11) is 0. The Hall–Kier alpha value is -1.56. The molecule has 1 aliphatic carbocycles. The van der Waals surface area contributed by atoms with E-state index in [-0.39, 0.29) is 6.09 Å². The molecule has 1 aromatic rings. The molecule has 1 aliphatic heterocycles. The summed E-state index contributed by atoms with van der Waals surface area (Å²) in [6, 6.07) is 1.30. The number of amides is 1. The Morgan fingerprint density at radius 3 is 2.83 bits per heavy atom. The second kappa shape index (κ2) is 6.51. The molecule has 1 amide bonds. The highest BCUT2D eigenvalue weighted by Crippen LogP contribution is 2.31. The number of rotatable bonds is 3. The summed E-state index contributed by atoms with van der Waals surface area (Å²) in [5, 5.41) is 3.77. The lowest BCUT2D eigenvalue weighted by Gasteiger charge is -2.27. The van der Waals surface area contributed by atoms with Gasteiger partial charge >= 0.3 is 6.09 Å². The van der Waals surface area contributed by atoms with Crippen molar-refractivity contribution in [1.82, 2.24) is 19.8 Å². The summed E-state index contributed by atoms with van der Waals surface area (Å²) < 4.78 is 7.68. The molecule has 1 saturated carbocycles. The third-order valence-corrected chi connectivity index (χ3v) is 4.68. The minimum atomic E-state index is -0.430. The highest BCUT2D eigenvalue weighted by atomic mass is 16.6. The molecule has 2 heterocycles. The zero-order chi connectivity index (χ0) is 16.4. The maximum absolute atomic E-state index is 12.2. The smallest absolute Gasteiger partial charge is 0.410 e. The molecule has 6 nitrogen and oxygen atoms in total. The van der Waals surface area contributed by atoms with Crippen LogP contribution >= 0.6 is 0 Å². The summed E-state index contributed by atoms with van der Waals surface area (Å²) >= 11 is 0. The number of imidazole rings is 1. The van der Waals surface area contributed by atoms with Gasteiger partial charge in [0, 0.05) is 43.6 Å². The molecule has 6 heteroatoms. The zero-order valence-corrected chi connectivity index (χ0v) is 14.4. The SMILES string of the molecule is CC(C)(C)OC(=O)N1CCC(NC2CCCC2n2ccnc2)C1. The van der Waals surface area contributed by atoms with Gasteiger partial charge in [0.15, 0.2) is 0 Å². The standard InChI is InChI=1S/C17H28N4O2/c1-17(2,3)23-16(22)20-9-7-13(11-20)19-14-5-4-6-15(14)21-10-8-18-12-21/h8,10,12-15,19H,4-7,9,11H2,1-3H3. The van der Waals surface area contributed by atoms with Crippen molar-refractivity contribution in [1.29, 1.82) is 0 Å². The van der Waals surface area contributed by atoms with E-state index in [1.54, 1.807) is 0 Å². The lowest BCUT2D eigenvalue weighted by molar-refractivity contribution is 0.0290. The van der Waals surface area contributed by atoms with Crippen LogP contribution in [0.4, 0.5) is 4.79 Å². The Labute approximate surface area is 138 Å². The summed E-state index contributed by atoms with van der Waals surface area (Å²) in [5.74, 6) is 0. The lowest BCUT2D eigenvalue weighted by Crippen LogP contribution is -2.43. The molecule has 3 atom stereocenters. The van der Waals surface area contributed by atoms with Gasteiger partial charge in [-0.15, -0.1) is 0 Å². The molecule has 128 valence electrons. The number of carbonyl (C=O) groups is 1. The normalized spacial score (nSPS) is 28.3. The molecule has 1 saturated heterocycles. The van der Waals surface area contributed by atoms with Crippen molar-refractivity contribution in [2.45, 2.75) is 70.2 Å². The fraction of sp³-hybridized carbons (Fsp3) is 0.765. The minimum absolute atomic E-state index is 0.195. The van der Waals surface area contributed by atoms with Gasteiger partial charge in [-0.25, -0.2) is 9.78 Å². The van der Waals surface area contributed by atoms with Gasteiger partial charge in [0.2, 0.25) is 0 Å².